The highest BCUT2D eigenvalue weighted by atomic mass is 16.3. The minimum atomic E-state index is -1.06. The zero-order valence-corrected chi connectivity index (χ0v) is 15.4. The molecule has 1 amide bonds. The molecule has 0 radical (unpaired) electrons. The lowest BCUT2D eigenvalue weighted by atomic mass is 9.69. The fourth-order valence-electron chi connectivity index (χ4n) is 3.15. The highest BCUT2D eigenvalue weighted by Crippen LogP contribution is 2.42. The van der Waals surface area contributed by atoms with Crippen LogP contribution >= 0.6 is 0 Å². The van der Waals surface area contributed by atoms with Crippen LogP contribution in [-0.2, 0) is 10.2 Å². The van der Waals surface area contributed by atoms with Gasteiger partial charge in [0, 0.05) is 26.5 Å². The van der Waals surface area contributed by atoms with E-state index in [9.17, 15) is 9.90 Å². The summed E-state index contributed by atoms with van der Waals surface area (Å²) in [4.78, 5) is 20.9. The van der Waals surface area contributed by atoms with E-state index in [1.807, 2.05) is 49.3 Å². The average Bonchev–Trinajstić information content (AvgIpc) is 2.63. The monoisotopic (exact) mass is 341 g/mol. The van der Waals surface area contributed by atoms with E-state index in [0.29, 0.717) is 18.5 Å². The van der Waals surface area contributed by atoms with Crippen molar-refractivity contribution in [2.75, 3.05) is 34.7 Å². The van der Waals surface area contributed by atoms with Gasteiger partial charge in [0.2, 0.25) is 5.91 Å². The molecule has 2 atom stereocenters. The number of carbonyl (C=O) groups excluding carboxylic acids is 1. The first-order chi connectivity index (χ1) is 11.9. The first kappa shape index (κ1) is 19.1. The molecule has 1 aromatic heterocycles. The first-order valence-corrected chi connectivity index (χ1v) is 8.39. The second kappa shape index (κ2) is 8.23. The number of amides is 1. The maximum atomic E-state index is 13.3. The maximum Gasteiger partial charge on any atom is 0.235 e. The van der Waals surface area contributed by atoms with E-state index >= 15 is 0 Å². The molecule has 0 saturated heterocycles. The fourth-order valence-corrected chi connectivity index (χ4v) is 3.15. The van der Waals surface area contributed by atoms with E-state index in [1.54, 1.807) is 43.5 Å². The summed E-state index contributed by atoms with van der Waals surface area (Å²) in [7, 11) is 7.40. The van der Waals surface area contributed by atoms with Crippen LogP contribution in [0.25, 0.3) is 0 Å². The van der Waals surface area contributed by atoms with Crippen LogP contribution in [0.15, 0.2) is 54.9 Å². The van der Waals surface area contributed by atoms with E-state index in [1.165, 1.54) is 0 Å². The number of hydrogen-bond donors (Lipinski definition) is 1. The number of aliphatic hydroxyl groups excluding tert-OH is 1. The van der Waals surface area contributed by atoms with Crippen LogP contribution in [-0.4, -0.2) is 60.5 Å². The Balaban J connectivity index is 2.63. The van der Waals surface area contributed by atoms with Crippen molar-refractivity contribution in [1.82, 2.24) is 14.8 Å². The number of pyridine rings is 1. The van der Waals surface area contributed by atoms with Gasteiger partial charge in [0.05, 0.1) is 6.10 Å². The third kappa shape index (κ3) is 4.06. The molecular formula is C20H27N3O2. The van der Waals surface area contributed by atoms with Crippen molar-refractivity contribution < 1.29 is 9.90 Å². The van der Waals surface area contributed by atoms with Crippen molar-refractivity contribution in [3.63, 3.8) is 0 Å². The molecule has 25 heavy (non-hydrogen) atoms. The number of hydrogen-bond acceptors (Lipinski definition) is 4. The molecule has 1 heterocycles. The third-order valence-corrected chi connectivity index (χ3v) is 4.52. The summed E-state index contributed by atoms with van der Waals surface area (Å²) in [6, 6.07) is 13.1. The normalized spacial score (nSPS) is 14.8. The van der Waals surface area contributed by atoms with E-state index < -0.39 is 11.5 Å². The highest BCUT2D eigenvalue weighted by Gasteiger charge is 2.47. The Hall–Kier alpha value is -2.24. The van der Waals surface area contributed by atoms with Gasteiger partial charge in [0.25, 0.3) is 0 Å². The van der Waals surface area contributed by atoms with Gasteiger partial charge in [-0.15, -0.1) is 0 Å². The number of nitrogens with zero attached hydrogens (tertiary/aromatic N) is 3. The van der Waals surface area contributed by atoms with Gasteiger partial charge in [0.1, 0.15) is 5.41 Å². The second-order valence-electron chi connectivity index (χ2n) is 6.77. The molecule has 0 aliphatic heterocycles. The summed E-state index contributed by atoms with van der Waals surface area (Å²) in [5, 5.41) is 11.3. The number of carbonyl (C=O) groups is 1. The Morgan fingerprint density at radius 2 is 1.68 bits per heavy atom. The number of benzene rings is 1. The molecule has 1 N–H and O–H groups in total. The van der Waals surface area contributed by atoms with Crippen molar-refractivity contribution >= 4 is 5.91 Å². The molecule has 0 aliphatic carbocycles. The van der Waals surface area contributed by atoms with Crippen LogP contribution in [0.4, 0.5) is 0 Å². The maximum absolute atomic E-state index is 13.3. The van der Waals surface area contributed by atoms with Crippen molar-refractivity contribution in [3.05, 3.63) is 66.0 Å². The van der Waals surface area contributed by atoms with E-state index in [-0.39, 0.29) is 5.91 Å². The lowest BCUT2D eigenvalue weighted by Gasteiger charge is -2.40. The van der Waals surface area contributed by atoms with E-state index in [0.717, 1.165) is 5.56 Å². The quantitative estimate of drug-likeness (QED) is 0.838. The van der Waals surface area contributed by atoms with Gasteiger partial charge in [-0.1, -0.05) is 30.3 Å². The second-order valence-corrected chi connectivity index (χ2v) is 6.77. The molecule has 0 bridgehead atoms. The Labute approximate surface area is 149 Å². The van der Waals surface area contributed by atoms with E-state index in [4.69, 9.17) is 0 Å². The van der Waals surface area contributed by atoms with Crippen molar-refractivity contribution in [2.24, 2.45) is 0 Å². The molecule has 0 spiro atoms. The topological polar surface area (TPSA) is 56.7 Å². The zero-order valence-electron chi connectivity index (χ0n) is 15.4. The van der Waals surface area contributed by atoms with Gasteiger partial charge in [0.15, 0.2) is 0 Å². The van der Waals surface area contributed by atoms with Gasteiger partial charge in [-0.25, -0.2) is 0 Å². The van der Waals surface area contributed by atoms with Crippen LogP contribution < -0.4 is 0 Å². The van der Waals surface area contributed by atoms with Gasteiger partial charge in [-0.3, -0.25) is 9.78 Å². The van der Waals surface area contributed by atoms with Gasteiger partial charge >= 0.3 is 0 Å². The summed E-state index contributed by atoms with van der Waals surface area (Å²) in [5.74, 6) is -0.107. The molecule has 5 nitrogen and oxygen atoms in total. The highest BCUT2D eigenvalue weighted by molar-refractivity contribution is 5.89. The van der Waals surface area contributed by atoms with Gasteiger partial charge < -0.3 is 14.9 Å². The largest absolute Gasteiger partial charge is 0.387 e. The van der Waals surface area contributed by atoms with Crippen LogP contribution in [0.5, 0.6) is 0 Å². The molecule has 0 aliphatic rings. The minimum absolute atomic E-state index is 0.107. The molecule has 2 rings (SSSR count). The number of aliphatic hydroxyl groups is 1. The Bertz CT molecular complexity index is 674. The lowest BCUT2D eigenvalue weighted by molar-refractivity contribution is -0.140. The summed E-state index contributed by atoms with van der Waals surface area (Å²) in [6.07, 6.45) is 2.82. The van der Waals surface area contributed by atoms with Crippen molar-refractivity contribution in [1.29, 1.82) is 0 Å². The Morgan fingerprint density at radius 1 is 1.08 bits per heavy atom. The van der Waals surface area contributed by atoms with Crippen molar-refractivity contribution in [3.8, 4) is 0 Å². The fraction of sp³-hybridized carbons (Fsp3) is 0.400. The van der Waals surface area contributed by atoms with Gasteiger partial charge in [-0.05, 0) is 50.3 Å². The number of aromatic nitrogens is 1. The molecule has 5 heteroatoms. The molecule has 2 unspecified atom stereocenters. The summed E-state index contributed by atoms with van der Waals surface area (Å²) < 4.78 is 0. The number of rotatable bonds is 7. The molecule has 134 valence electrons. The minimum Gasteiger partial charge on any atom is -0.387 e. The third-order valence-electron chi connectivity index (χ3n) is 4.52. The van der Waals surface area contributed by atoms with Crippen LogP contribution in [0, 0.1) is 0 Å². The first-order valence-electron chi connectivity index (χ1n) is 8.39. The molecular weight excluding hydrogens is 314 g/mol. The van der Waals surface area contributed by atoms with Crippen LogP contribution in [0.2, 0.25) is 0 Å². The molecule has 2 aromatic rings. The summed E-state index contributed by atoms with van der Waals surface area (Å²) >= 11 is 0. The summed E-state index contributed by atoms with van der Waals surface area (Å²) in [6.45, 7) is 0.677. The lowest BCUT2D eigenvalue weighted by Crippen LogP contribution is -2.49. The predicted molar refractivity (Wildman–Crippen MR) is 99.2 cm³/mol. The molecule has 0 saturated carbocycles. The standard InChI is InChI=1S/C20H27N3O2/c1-22(2)15-12-20(19(25)23(3)4,17-8-6-5-7-9-17)18(24)16-10-13-21-14-11-16/h5-11,13-14,18,24H,12,15H2,1-4H3. The smallest absolute Gasteiger partial charge is 0.235 e. The molecule has 0 fully saturated rings. The average molecular weight is 341 g/mol. The SMILES string of the molecule is CN(C)CCC(C(=O)N(C)C)(c1ccccc1)C(O)c1ccncc1. The van der Waals surface area contributed by atoms with E-state index in [2.05, 4.69) is 4.98 Å². The van der Waals surface area contributed by atoms with Crippen LogP contribution in [0.1, 0.15) is 23.7 Å². The van der Waals surface area contributed by atoms with Gasteiger partial charge in [-0.2, -0.15) is 0 Å². The van der Waals surface area contributed by atoms with Crippen LogP contribution in [0.3, 0.4) is 0 Å². The van der Waals surface area contributed by atoms with Crippen molar-refractivity contribution in [2.45, 2.75) is 17.9 Å². The number of likely N-dealkylation sites (N-methyl/N-ethyl adjacent to an activating group) is 1. The molecule has 1 aromatic carbocycles. The zero-order chi connectivity index (χ0) is 18.4. The summed E-state index contributed by atoms with van der Waals surface area (Å²) in [5.41, 5.74) is 0.448. The Kier molecular flexibility index (Phi) is 6.28. The Morgan fingerprint density at radius 3 is 2.20 bits per heavy atom. The predicted octanol–water partition coefficient (Wildman–Crippen LogP) is 2.09.